The second-order valence-electron chi connectivity index (χ2n) is 4.45. The lowest BCUT2D eigenvalue weighted by Crippen LogP contribution is -2.23. The lowest BCUT2D eigenvalue weighted by Gasteiger charge is -2.05. The lowest BCUT2D eigenvalue weighted by atomic mass is 10.1. The molecule has 5 heteroatoms. The van der Waals surface area contributed by atoms with Crippen LogP contribution in [0.15, 0.2) is 24.5 Å². The third-order valence-corrected chi connectivity index (χ3v) is 3.24. The monoisotopic (exact) mass is 242 g/mol. The smallest absolute Gasteiger partial charge is 0.251 e. The van der Waals surface area contributed by atoms with Crippen LogP contribution >= 0.6 is 0 Å². The van der Waals surface area contributed by atoms with Crippen LogP contribution in [0.1, 0.15) is 33.7 Å². The maximum Gasteiger partial charge on any atom is 0.251 e. The number of hydrogen-bond donors (Lipinski definition) is 2. The molecule has 0 aliphatic heterocycles. The van der Waals surface area contributed by atoms with Crippen molar-refractivity contribution in [2.24, 2.45) is 0 Å². The minimum atomic E-state index is -0.0684. The normalized spacial score (nSPS) is 13.3. The lowest BCUT2D eigenvalue weighted by molar-refractivity contribution is 0.0950. The second-order valence-corrected chi connectivity index (χ2v) is 4.45. The van der Waals surface area contributed by atoms with Crippen LogP contribution in [0.5, 0.6) is 0 Å². The van der Waals surface area contributed by atoms with Crippen molar-refractivity contribution in [3.05, 3.63) is 47.0 Å². The molecule has 0 spiro atoms. The zero-order valence-corrected chi connectivity index (χ0v) is 9.94. The first-order valence-electron chi connectivity index (χ1n) is 6.07. The van der Waals surface area contributed by atoms with E-state index in [9.17, 15) is 4.79 Å². The molecule has 0 saturated carbocycles. The number of benzene rings is 1. The Morgan fingerprint density at radius 2 is 2.22 bits per heavy atom. The number of nitrogens with zero attached hydrogens (tertiary/aromatic N) is 2. The molecule has 1 amide bonds. The fourth-order valence-electron chi connectivity index (χ4n) is 2.30. The van der Waals surface area contributed by atoms with E-state index < -0.39 is 0 Å². The van der Waals surface area contributed by atoms with Crippen molar-refractivity contribution in [2.75, 3.05) is 0 Å². The Morgan fingerprint density at radius 1 is 1.33 bits per heavy atom. The van der Waals surface area contributed by atoms with Gasteiger partial charge in [0.05, 0.1) is 6.54 Å². The highest BCUT2D eigenvalue weighted by atomic mass is 16.1. The molecular weight excluding hydrogens is 228 g/mol. The molecule has 3 rings (SSSR count). The fourth-order valence-corrected chi connectivity index (χ4v) is 2.30. The van der Waals surface area contributed by atoms with Crippen molar-refractivity contribution in [1.29, 1.82) is 0 Å². The van der Waals surface area contributed by atoms with Crippen molar-refractivity contribution in [2.45, 2.75) is 25.8 Å². The maximum atomic E-state index is 12.0. The molecule has 0 fully saturated rings. The Morgan fingerprint density at radius 3 is 3.06 bits per heavy atom. The van der Waals surface area contributed by atoms with Crippen molar-refractivity contribution < 1.29 is 4.79 Å². The highest BCUT2D eigenvalue weighted by Gasteiger charge is 2.13. The van der Waals surface area contributed by atoms with Crippen molar-refractivity contribution in [3.63, 3.8) is 0 Å². The third kappa shape index (κ3) is 2.11. The van der Waals surface area contributed by atoms with Gasteiger partial charge in [-0.25, -0.2) is 4.98 Å². The summed E-state index contributed by atoms with van der Waals surface area (Å²) < 4.78 is 0. The summed E-state index contributed by atoms with van der Waals surface area (Å²) in [6, 6.07) is 5.95. The summed E-state index contributed by atoms with van der Waals surface area (Å²) in [7, 11) is 0. The van der Waals surface area contributed by atoms with Gasteiger partial charge in [0, 0.05) is 5.56 Å². The zero-order valence-electron chi connectivity index (χ0n) is 9.94. The molecule has 1 aromatic heterocycles. The van der Waals surface area contributed by atoms with Crippen molar-refractivity contribution >= 4 is 5.91 Å². The molecule has 0 radical (unpaired) electrons. The largest absolute Gasteiger partial charge is 0.345 e. The first kappa shape index (κ1) is 11.0. The number of aromatic nitrogens is 3. The SMILES string of the molecule is O=C(NCc1ncn[nH]1)c1ccc2c(c1)CCC2. The van der Waals surface area contributed by atoms with Gasteiger partial charge < -0.3 is 5.32 Å². The van der Waals surface area contributed by atoms with Crippen LogP contribution in [0.2, 0.25) is 0 Å². The zero-order chi connectivity index (χ0) is 12.4. The third-order valence-electron chi connectivity index (χ3n) is 3.24. The molecule has 5 nitrogen and oxygen atoms in total. The molecule has 2 N–H and O–H groups in total. The van der Waals surface area contributed by atoms with E-state index in [4.69, 9.17) is 0 Å². The van der Waals surface area contributed by atoms with Crippen LogP contribution in [0.3, 0.4) is 0 Å². The summed E-state index contributed by atoms with van der Waals surface area (Å²) in [4.78, 5) is 15.9. The average Bonchev–Trinajstić information content (AvgIpc) is 3.05. The Labute approximate surface area is 105 Å². The Hall–Kier alpha value is -2.17. The van der Waals surface area contributed by atoms with Gasteiger partial charge in [0.15, 0.2) is 0 Å². The minimum Gasteiger partial charge on any atom is -0.345 e. The Kier molecular flexibility index (Phi) is 2.80. The molecule has 1 aliphatic rings. The van der Waals surface area contributed by atoms with Gasteiger partial charge in [0.2, 0.25) is 0 Å². The van der Waals surface area contributed by atoms with E-state index >= 15 is 0 Å². The van der Waals surface area contributed by atoms with Gasteiger partial charge in [-0.3, -0.25) is 9.89 Å². The number of H-pyrrole nitrogens is 1. The van der Waals surface area contributed by atoms with Gasteiger partial charge in [0.1, 0.15) is 12.2 Å². The number of aromatic amines is 1. The van der Waals surface area contributed by atoms with Gasteiger partial charge in [0.25, 0.3) is 5.91 Å². The van der Waals surface area contributed by atoms with Crippen LogP contribution < -0.4 is 5.32 Å². The van der Waals surface area contributed by atoms with Gasteiger partial charge in [-0.1, -0.05) is 6.07 Å². The topological polar surface area (TPSA) is 70.7 Å². The molecular formula is C13H14N4O. The molecule has 92 valence electrons. The highest BCUT2D eigenvalue weighted by molar-refractivity contribution is 5.94. The maximum absolute atomic E-state index is 12.0. The van der Waals surface area contributed by atoms with Crippen LogP contribution in [-0.2, 0) is 19.4 Å². The van der Waals surface area contributed by atoms with Gasteiger partial charge in [-0.05, 0) is 42.5 Å². The fraction of sp³-hybridized carbons (Fsp3) is 0.308. The summed E-state index contributed by atoms with van der Waals surface area (Å²) in [5.41, 5.74) is 3.40. The van der Waals surface area contributed by atoms with Crippen LogP contribution in [0.25, 0.3) is 0 Å². The molecule has 1 heterocycles. The quantitative estimate of drug-likeness (QED) is 0.850. The number of carbonyl (C=O) groups excluding carboxylic acids is 1. The molecule has 0 atom stereocenters. The van der Waals surface area contributed by atoms with E-state index in [-0.39, 0.29) is 5.91 Å². The Balaban J connectivity index is 1.69. The summed E-state index contributed by atoms with van der Waals surface area (Å²) in [5, 5.41) is 9.26. The first-order chi connectivity index (χ1) is 8.83. The summed E-state index contributed by atoms with van der Waals surface area (Å²) >= 11 is 0. The summed E-state index contributed by atoms with van der Waals surface area (Å²) in [6.45, 7) is 0.371. The standard InChI is InChI=1S/C13H14N4O/c18-13(14-7-12-15-8-16-17-12)11-5-4-9-2-1-3-10(9)6-11/h4-6,8H,1-3,7H2,(H,14,18)(H,15,16,17). The second kappa shape index (κ2) is 4.60. The number of nitrogens with one attached hydrogen (secondary N) is 2. The van der Waals surface area contributed by atoms with Crippen LogP contribution in [0.4, 0.5) is 0 Å². The molecule has 0 saturated heterocycles. The Bertz CT molecular complexity index is 562. The number of carbonyl (C=O) groups is 1. The summed E-state index contributed by atoms with van der Waals surface area (Å²) in [5.74, 6) is 0.589. The van der Waals surface area contributed by atoms with E-state index in [1.807, 2.05) is 12.1 Å². The van der Waals surface area contributed by atoms with Crippen molar-refractivity contribution in [1.82, 2.24) is 20.5 Å². The number of rotatable bonds is 3. The average molecular weight is 242 g/mol. The number of fused-ring (bicyclic) bond motifs is 1. The summed E-state index contributed by atoms with van der Waals surface area (Å²) in [6.07, 6.45) is 4.84. The molecule has 2 aromatic rings. The molecule has 0 unspecified atom stereocenters. The molecule has 1 aliphatic carbocycles. The predicted octanol–water partition coefficient (Wildman–Crippen LogP) is 1.22. The predicted molar refractivity (Wildman–Crippen MR) is 66.0 cm³/mol. The van der Waals surface area contributed by atoms with E-state index in [1.54, 1.807) is 0 Å². The minimum absolute atomic E-state index is 0.0684. The number of amides is 1. The number of hydrogen-bond acceptors (Lipinski definition) is 3. The van der Waals surface area contributed by atoms with E-state index in [1.165, 1.54) is 23.9 Å². The molecule has 18 heavy (non-hydrogen) atoms. The number of aryl methyl sites for hydroxylation is 2. The van der Waals surface area contributed by atoms with E-state index in [2.05, 4.69) is 26.6 Å². The van der Waals surface area contributed by atoms with Gasteiger partial charge in [-0.2, -0.15) is 5.10 Å². The molecule has 0 bridgehead atoms. The van der Waals surface area contributed by atoms with Crippen LogP contribution in [-0.4, -0.2) is 21.1 Å². The molecule has 1 aromatic carbocycles. The van der Waals surface area contributed by atoms with E-state index in [0.717, 1.165) is 18.4 Å². The van der Waals surface area contributed by atoms with Crippen LogP contribution in [0, 0.1) is 0 Å². The van der Waals surface area contributed by atoms with Crippen molar-refractivity contribution in [3.8, 4) is 0 Å². The van der Waals surface area contributed by atoms with Gasteiger partial charge >= 0.3 is 0 Å². The van der Waals surface area contributed by atoms with E-state index in [0.29, 0.717) is 12.4 Å². The first-order valence-corrected chi connectivity index (χ1v) is 6.07. The van der Waals surface area contributed by atoms with Gasteiger partial charge in [-0.15, -0.1) is 0 Å². The highest BCUT2D eigenvalue weighted by Crippen LogP contribution is 2.22.